The van der Waals surface area contributed by atoms with Gasteiger partial charge in [0.25, 0.3) is 0 Å². The topological polar surface area (TPSA) is 62.7 Å². The van der Waals surface area contributed by atoms with Crippen molar-refractivity contribution >= 4 is 11.9 Å². The number of benzene rings is 1. The van der Waals surface area contributed by atoms with E-state index < -0.39 is 6.09 Å². The van der Waals surface area contributed by atoms with Crippen molar-refractivity contribution in [3.8, 4) is 0 Å². The maximum Gasteiger partial charge on any atom is 0.408 e. The van der Waals surface area contributed by atoms with E-state index in [1.54, 1.807) is 0 Å². The molecule has 1 aromatic carbocycles. The number of carbonyl (C=O) groups excluding carboxylic acids is 1. The van der Waals surface area contributed by atoms with Crippen LogP contribution in [-0.4, -0.2) is 30.6 Å². The number of alkyl carbamates (subject to hydrolysis) is 1. The molecule has 5 nitrogen and oxygen atoms in total. The average Bonchev–Trinajstić information content (AvgIpc) is 2.84. The molecule has 2 N–H and O–H groups in total. The van der Waals surface area contributed by atoms with E-state index in [1.165, 1.54) is 0 Å². The minimum absolute atomic E-state index is 0.0688. The molecule has 0 aliphatic carbocycles. The Hall–Kier alpha value is -2.04. The van der Waals surface area contributed by atoms with E-state index in [0.717, 1.165) is 24.4 Å². The molecular weight excluding hydrogens is 254 g/mol. The number of aliphatic imine (C=N–C) groups is 1. The molecule has 108 valence electrons. The molecule has 0 bridgehead atoms. The first kappa shape index (κ1) is 14.4. The van der Waals surface area contributed by atoms with Gasteiger partial charge in [-0.15, -0.1) is 0 Å². The summed E-state index contributed by atoms with van der Waals surface area (Å²) in [6.45, 7) is 5.11. The van der Waals surface area contributed by atoms with Crippen molar-refractivity contribution < 1.29 is 9.53 Å². The van der Waals surface area contributed by atoms with Gasteiger partial charge in [-0.3, -0.25) is 4.99 Å². The van der Waals surface area contributed by atoms with Crippen LogP contribution in [0.4, 0.5) is 4.79 Å². The molecule has 0 aromatic heterocycles. The van der Waals surface area contributed by atoms with Crippen molar-refractivity contribution in [2.75, 3.05) is 6.54 Å². The Labute approximate surface area is 119 Å². The number of amides is 1. The van der Waals surface area contributed by atoms with Crippen molar-refractivity contribution in [3.05, 3.63) is 35.9 Å². The largest absolute Gasteiger partial charge is 0.445 e. The second-order valence-electron chi connectivity index (χ2n) is 5.11. The van der Waals surface area contributed by atoms with Gasteiger partial charge in [-0.25, -0.2) is 4.79 Å². The lowest BCUT2D eigenvalue weighted by Crippen LogP contribution is -2.46. The van der Waals surface area contributed by atoms with Crippen molar-refractivity contribution in [1.82, 2.24) is 10.6 Å². The maximum atomic E-state index is 11.8. The van der Waals surface area contributed by atoms with Crippen molar-refractivity contribution in [2.45, 2.75) is 39.0 Å². The molecule has 1 aromatic rings. The van der Waals surface area contributed by atoms with Gasteiger partial charge in [0, 0.05) is 12.6 Å². The Bertz CT molecular complexity index is 471. The third-order valence-corrected chi connectivity index (χ3v) is 2.97. The molecule has 1 aliphatic heterocycles. The van der Waals surface area contributed by atoms with Gasteiger partial charge >= 0.3 is 6.09 Å². The fourth-order valence-electron chi connectivity index (χ4n) is 2.05. The monoisotopic (exact) mass is 275 g/mol. The summed E-state index contributed by atoms with van der Waals surface area (Å²) in [5.41, 5.74) is 0.975. The average molecular weight is 275 g/mol. The van der Waals surface area contributed by atoms with Gasteiger partial charge in [0.2, 0.25) is 0 Å². The van der Waals surface area contributed by atoms with Crippen molar-refractivity contribution in [1.29, 1.82) is 0 Å². The third-order valence-electron chi connectivity index (χ3n) is 2.97. The Balaban J connectivity index is 1.78. The van der Waals surface area contributed by atoms with Crippen LogP contribution >= 0.6 is 0 Å². The quantitative estimate of drug-likeness (QED) is 0.884. The zero-order valence-electron chi connectivity index (χ0n) is 11.9. The molecular formula is C15H21N3O2. The van der Waals surface area contributed by atoms with Crippen LogP contribution in [0.3, 0.4) is 0 Å². The van der Waals surface area contributed by atoms with Gasteiger partial charge in [-0.05, 0) is 25.8 Å². The maximum absolute atomic E-state index is 11.8. The smallest absolute Gasteiger partial charge is 0.408 e. The molecule has 1 heterocycles. The van der Waals surface area contributed by atoms with E-state index >= 15 is 0 Å². The molecule has 1 atom stereocenters. The number of rotatable bonds is 4. The number of amidine groups is 1. The molecule has 0 fully saturated rings. The van der Waals surface area contributed by atoms with E-state index in [-0.39, 0.29) is 12.6 Å². The number of ether oxygens (including phenoxy) is 1. The fourth-order valence-corrected chi connectivity index (χ4v) is 2.05. The van der Waals surface area contributed by atoms with Crippen LogP contribution < -0.4 is 10.6 Å². The van der Waals surface area contributed by atoms with Crippen LogP contribution in [0.2, 0.25) is 0 Å². The number of carbonyl (C=O) groups is 1. The molecule has 0 spiro atoms. The minimum Gasteiger partial charge on any atom is -0.445 e. The van der Waals surface area contributed by atoms with Crippen LogP contribution in [0.15, 0.2) is 35.3 Å². The second-order valence-corrected chi connectivity index (χ2v) is 5.11. The van der Waals surface area contributed by atoms with Crippen LogP contribution in [-0.2, 0) is 11.3 Å². The number of nitrogens with one attached hydrogen (secondary N) is 2. The third kappa shape index (κ3) is 4.26. The molecule has 1 unspecified atom stereocenters. The predicted octanol–water partition coefficient (Wildman–Crippen LogP) is 2.08. The summed E-state index contributed by atoms with van der Waals surface area (Å²) in [5.74, 6) is 0.844. The predicted molar refractivity (Wildman–Crippen MR) is 78.7 cm³/mol. The van der Waals surface area contributed by atoms with E-state index in [4.69, 9.17) is 4.74 Å². The van der Waals surface area contributed by atoms with Crippen LogP contribution in [0.5, 0.6) is 0 Å². The molecule has 1 amide bonds. The summed E-state index contributed by atoms with van der Waals surface area (Å²) in [6, 6.07) is 9.86. The molecule has 5 heteroatoms. The second kappa shape index (κ2) is 6.93. The lowest BCUT2D eigenvalue weighted by molar-refractivity contribution is 0.138. The first-order valence-electron chi connectivity index (χ1n) is 6.93. The highest BCUT2D eigenvalue weighted by Gasteiger charge is 2.23. The SMILES string of the molecule is CC(C)NC1=NCCC1NC(=O)OCc1ccccc1. The fraction of sp³-hybridized carbons (Fsp3) is 0.467. The Morgan fingerprint density at radius 1 is 1.40 bits per heavy atom. The summed E-state index contributed by atoms with van der Waals surface area (Å²) >= 11 is 0. The normalized spacial score (nSPS) is 17.8. The van der Waals surface area contributed by atoms with Crippen molar-refractivity contribution in [3.63, 3.8) is 0 Å². The van der Waals surface area contributed by atoms with E-state index in [9.17, 15) is 4.79 Å². The molecule has 0 saturated carbocycles. The zero-order chi connectivity index (χ0) is 14.4. The molecule has 0 saturated heterocycles. The first-order valence-corrected chi connectivity index (χ1v) is 6.93. The van der Waals surface area contributed by atoms with Gasteiger partial charge in [0.15, 0.2) is 0 Å². The summed E-state index contributed by atoms with van der Waals surface area (Å²) in [7, 11) is 0. The van der Waals surface area contributed by atoms with Crippen molar-refractivity contribution in [2.24, 2.45) is 4.99 Å². The number of nitrogens with zero attached hydrogens (tertiary/aromatic N) is 1. The van der Waals surface area contributed by atoms with Gasteiger partial charge in [-0.1, -0.05) is 30.3 Å². The van der Waals surface area contributed by atoms with Crippen LogP contribution in [0.1, 0.15) is 25.8 Å². The van der Waals surface area contributed by atoms with Crippen LogP contribution in [0, 0.1) is 0 Å². The minimum atomic E-state index is -0.404. The molecule has 20 heavy (non-hydrogen) atoms. The van der Waals surface area contributed by atoms with Gasteiger partial charge < -0.3 is 15.4 Å². The number of hydrogen-bond donors (Lipinski definition) is 2. The first-order chi connectivity index (χ1) is 9.65. The molecule has 2 rings (SSSR count). The van der Waals surface area contributed by atoms with Gasteiger partial charge in [0.05, 0.1) is 6.04 Å². The Morgan fingerprint density at radius 3 is 2.85 bits per heavy atom. The highest BCUT2D eigenvalue weighted by atomic mass is 16.5. The highest BCUT2D eigenvalue weighted by Crippen LogP contribution is 2.06. The summed E-state index contributed by atoms with van der Waals surface area (Å²) in [4.78, 5) is 16.2. The lowest BCUT2D eigenvalue weighted by Gasteiger charge is -2.18. The summed E-state index contributed by atoms with van der Waals surface area (Å²) in [5, 5.41) is 6.10. The van der Waals surface area contributed by atoms with Crippen LogP contribution in [0.25, 0.3) is 0 Å². The van der Waals surface area contributed by atoms with E-state index in [1.807, 2.05) is 44.2 Å². The summed E-state index contributed by atoms with van der Waals surface area (Å²) in [6.07, 6.45) is 0.411. The zero-order valence-corrected chi connectivity index (χ0v) is 11.9. The lowest BCUT2D eigenvalue weighted by atomic mass is 10.2. The van der Waals surface area contributed by atoms with Gasteiger partial charge in [-0.2, -0.15) is 0 Å². The van der Waals surface area contributed by atoms with Gasteiger partial charge in [0.1, 0.15) is 12.4 Å². The molecule has 0 radical (unpaired) electrons. The summed E-state index contributed by atoms with van der Waals surface area (Å²) < 4.78 is 5.21. The standard InChI is InChI=1S/C15H21N3O2/c1-11(2)17-14-13(8-9-16-14)18-15(19)20-10-12-6-4-3-5-7-12/h3-7,11,13H,8-10H2,1-2H3,(H,16,17)(H,18,19). The highest BCUT2D eigenvalue weighted by molar-refractivity contribution is 5.91. The number of hydrogen-bond acceptors (Lipinski definition) is 4. The Morgan fingerprint density at radius 2 is 2.15 bits per heavy atom. The van der Waals surface area contributed by atoms with E-state index in [0.29, 0.717) is 6.04 Å². The molecule has 1 aliphatic rings. The Kier molecular flexibility index (Phi) is 4.98. The van der Waals surface area contributed by atoms with E-state index in [2.05, 4.69) is 15.6 Å².